The lowest BCUT2D eigenvalue weighted by Crippen LogP contribution is -2.01. The van der Waals surface area contributed by atoms with Gasteiger partial charge in [-0.15, -0.1) is 0 Å². The fraction of sp³-hybridized carbons (Fsp3) is 0. The van der Waals surface area contributed by atoms with Gasteiger partial charge in [-0.3, -0.25) is 4.79 Å². The number of Topliss-reactive ketones (excluding diaryl/α,β-unsaturated/α-hetero) is 1. The molecule has 112 valence electrons. The predicted molar refractivity (Wildman–Crippen MR) is 89.3 cm³/mol. The molecule has 0 bridgehead atoms. The van der Waals surface area contributed by atoms with Crippen LogP contribution >= 0.6 is 11.6 Å². The highest BCUT2D eigenvalue weighted by Gasteiger charge is 2.16. The molecule has 2 aromatic carbocycles. The van der Waals surface area contributed by atoms with E-state index in [0.29, 0.717) is 21.5 Å². The standard InChI is InChI=1S/C18H11ClN2O2/c19-13-4-5-15-16(10-21-17(15)8-13)18(23)12(9-20)6-11-2-1-3-14(22)7-11/h1-8,10,21-22H/b12-6-. The van der Waals surface area contributed by atoms with Crippen LogP contribution in [0, 0.1) is 11.3 Å². The predicted octanol–water partition coefficient (Wildman–Crippen LogP) is 4.32. The number of carbonyl (C=O) groups excluding carboxylic acids is 1. The molecule has 3 rings (SSSR count). The van der Waals surface area contributed by atoms with E-state index >= 15 is 0 Å². The minimum Gasteiger partial charge on any atom is -0.508 e. The SMILES string of the molecule is N#C/C(=C/c1cccc(O)c1)C(=O)c1c[nH]c2cc(Cl)ccc12. The van der Waals surface area contributed by atoms with Crippen LogP contribution in [0.25, 0.3) is 17.0 Å². The summed E-state index contributed by atoms with van der Waals surface area (Å²) in [6, 6.07) is 13.4. The van der Waals surface area contributed by atoms with Gasteiger partial charge in [0.15, 0.2) is 0 Å². The van der Waals surface area contributed by atoms with Gasteiger partial charge in [-0.25, -0.2) is 0 Å². The summed E-state index contributed by atoms with van der Waals surface area (Å²) in [5, 5.41) is 20.1. The second-order valence-electron chi connectivity index (χ2n) is 4.99. The van der Waals surface area contributed by atoms with E-state index in [1.54, 1.807) is 36.5 Å². The largest absolute Gasteiger partial charge is 0.508 e. The molecule has 2 N–H and O–H groups in total. The fourth-order valence-electron chi connectivity index (χ4n) is 2.36. The van der Waals surface area contributed by atoms with Crippen LogP contribution in [0.15, 0.2) is 54.2 Å². The summed E-state index contributed by atoms with van der Waals surface area (Å²) in [5.41, 5.74) is 1.71. The lowest BCUT2D eigenvalue weighted by Gasteiger charge is -2.00. The normalized spacial score (nSPS) is 11.4. The highest BCUT2D eigenvalue weighted by Crippen LogP contribution is 2.25. The quantitative estimate of drug-likeness (QED) is 0.428. The van der Waals surface area contributed by atoms with E-state index in [1.165, 1.54) is 18.2 Å². The maximum absolute atomic E-state index is 12.6. The number of nitriles is 1. The fourth-order valence-corrected chi connectivity index (χ4v) is 2.53. The van der Waals surface area contributed by atoms with Crippen molar-refractivity contribution < 1.29 is 9.90 Å². The Morgan fingerprint density at radius 1 is 1.26 bits per heavy atom. The number of benzene rings is 2. The van der Waals surface area contributed by atoms with Crippen molar-refractivity contribution in [2.45, 2.75) is 0 Å². The molecule has 23 heavy (non-hydrogen) atoms. The maximum atomic E-state index is 12.6. The summed E-state index contributed by atoms with van der Waals surface area (Å²) >= 11 is 5.93. The molecule has 4 nitrogen and oxygen atoms in total. The summed E-state index contributed by atoms with van der Waals surface area (Å²) in [6.45, 7) is 0. The molecular weight excluding hydrogens is 312 g/mol. The molecule has 0 atom stereocenters. The molecule has 0 aliphatic carbocycles. The number of hydrogen-bond donors (Lipinski definition) is 2. The van der Waals surface area contributed by atoms with Crippen molar-refractivity contribution in [1.82, 2.24) is 4.98 Å². The molecule has 0 amide bonds. The molecule has 0 aliphatic heterocycles. The molecule has 0 saturated carbocycles. The highest BCUT2D eigenvalue weighted by atomic mass is 35.5. The number of aromatic amines is 1. The average Bonchev–Trinajstić information content (AvgIpc) is 2.95. The van der Waals surface area contributed by atoms with Gasteiger partial charge in [0.2, 0.25) is 5.78 Å². The van der Waals surface area contributed by atoms with Gasteiger partial charge in [-0.2, -0.15) is 5.26 Å². The molecule has 0 unspecified atom stereocenters. The van der Waals surface area contributed by atoms with Gasteiger partial charge in [-0.1, -0.05) is 29.8 Å². The second-order valence-corrected chi connectivity index (χ2v) is 5.42. The van der Waals surface area contributed by atoms with Gasteiger partial charge in [-0.05, 0) is 35.9 Å². The summed E-state index contributed by atoms with van der Waals surface area (Å²) in [4.78, 5) is 15.6. The number of aromatic hydroxyl groups is 1. The first-order valence-corrected chi connectivity index (χ1v) is 7.18. The van der Waals surface area contributed by atoms with E-state index in [2.05, 4.69) is 4.98 Å². The minimum absolute atomic E-state index is 0.00792. The van der Waals surface area contributed by atoms with Crippen LogP contribution in [0.4, 0.5) is 0 Å². The number of ketones is 1. The molecule has 1 aromatic heterocycles. The summed E-state index contributed by atoms with van der Waals surface area (Å²) in [5.74, 6) is -0.311. The van der Waals surface area contributed by atoms with Gasteiger partial charge in [0.25, 0.3) is 0 Å². The lowest BCUT2D eigenvalue weighted by atomic mass is 10.0. The van der Waals surface area contributed by atoms with E-state index in [0.717, 1.165) is 5.52 Å². The number of H-pyrrole nitrogens is 1. The van der Waals surface area contributed by atoms with Crippen LogP contribution < -0.4 is 0 Å². The molecule has 3 aromatic rings. The van der Waals surface area contributed by atoms with Crippen molar-refractivity contribution in [2.24, 2.45) is 0 Å². The third-order valence-electron chi connectivity index (χ3n) is 3.43. The van der Waals surface area contributed by atoms with E-state index in [-0.39, 0.29) is 17.1 Å². The Kier molecular flexibility index (Phi) is 3.88. The molecule has 1 heterocycles. The molecule has 0 spiro atoms. The monoisotopic (exact) mass is 322 g/mol. The van der Waals surface area contributed by atoms with Crippen LogP contribution in [0.2, 0.25) is 5.02 Å². The minimum atomic E-state index is -0.385. The molecule has 0 saturated heterocycles. The van der Waals surface area contributed by atoms with Gasteiger partial charge in [0, 0.05) is 27.7 Å². The Morgan fingerprint density at radius 2 is 2.09 bits per heavy atom. The topological polar surface area (TPSA) is 76.9 Å². The third-order valence-corrected chi connectivity index (χ3v) is 3.67. The number of rotatable bonds is 3. The van der Waals surface area contributed by atoms with Gasteiger partial charge < -0.3 is 10.1 Å². The zero-order valence-electron chi connectivity index (χ0n) is 11.9. The maximum Gasteiger partial charge on any atom is 0.205 e. The van der Waals surface area contributed by atoms with Crippen LogP contribution in [-0.4, -0.2) is 15.9 Å². The third kappa shape index (κ3) is 2.96. The number of nitrogens with one attached hydrogen (secondary N) is 1. The Labute approximate surface area is 137 Å². The number of carbonyl (C=O) groups is 1. The molecule has 0 aliphatic rings. The van der Waals surface area contributed by atoms with Crippen molar-refractivity contribution >= 4 is 34.4 Å². The summed E-state index contributed by atoms with van der Waals surface area (Å²) in [7, 11) is 0. The van der Waals surface area contributed by atoms with Crippen molar-refractivity contribution in [1.29, 1.82) is 5.26 Å². The van der Waals surface area contributed by atoms with Gasteiger partial charge >= 0.3 is 0 Å². The first kappa shape index (κ1) is 14.9. The van der Waals surface area contributed by atoms with Crippen molar-refractivity contribution in [3.8, 4) is 11.8 Å². The Morgan fingerprint density at radius 3 is 2.83 bits per heavy atom. The van der Waals surface area contributed by atoms with Crippen LogP contribution in [0.1, 0.15) is 15.9 Å². The van der Waals surface area contributed by atoms with Crippen LogP contribution in [-0.2, 0) is 0 Å². The lowest BCUT2D eigenvalue weighted by molar-refractivity contribution is 0.104. The second kappa shape index (κ2) is 5.99. The Bertz CT molecular complexity index is 980. The van der Waals surface area contributed by atoms with Crippen molar-refractivity contribution in [2.75, 3.05) is 0 Å². The Hall–Kier alpha value is -3.03. The van der Waals surface area contributed by atoms with Crippen LogP contribution in [0.3, 0.4) is 0 Å². The number of nitrogens with zero attached hydrogens (tertiary/aromatic N) is 1. The average molecular weight is 323 g/mol. The van der Waals surface area contributed by atoms with E-state index < -0.39 is 0 Å². The van der Waals surface area contributed by atoms with E-state index in [4.69, 9.17) is 11.6 Å². The molecule has 0 radical (unpaired) electrons. The van der Waals surface area contributed by atoms with E-state index in [9.17, 15) is 15.2 Å². The Balaban J connectivity index is 2.04. The molecule has 0 fully saturated rings. The highest BCUT2D eigenvalue weighted by molar-refractivity contribution is 6.31. The first-order chi connectivity index (χ1) is 11.1. The van der Waals surface area contributed by atoms with Gasteiger partial charge in [0.05, 0.1) is 0 Å². The summed E-state index contributed by atoms with van der Waals surface area (Å²) < 4.78 is 0. The smallest absolute Gasteiger partial charge is 0.205 e. The van der Waals surface area contributed by atoms with Crippen LogP contribution in [0.5, 0.6) is 5.75 Å². The molecule has 5 heteroatoms. The number of hydrogen-bond acceptors (Lipinski definition) is 3. The zero-order chi connectivity index (χ0) is 16.4. The molecular formula is C18H11ClN2O2. The van der Waals surface area contributed by atoms with Crippen molar-refractivity contribution in [3.05, 3.63) is 70.4 Å². The van der Waals surface area contributed by atoms with Gasteiger partial charge in [0.1, 0.15) is 17.4 Å². The number of phenolic OH excluding ortho intramolecular Hbond substituents is 1. The number of phenols is 1. The number of halogens is 1. The zero-order valence-corrected chi connectivity index (χ0v) is 12.6. The van der Waals surface area contributed by atoms with Crippen molar-refractivity contribution in [3.63, 3.8) is 0 Å². The number of aromatic nitrogens is 1. The summed E-state index contributed by atoms with van der Waals surface area (Å²) in [6.07, 6.45) is 3.02. The first-order valence-electron chi connectivity index (χ1n) is 6.80. The number of fused-ring (bicyclic) bond motifs is 1. The number of allylic oxidation sites excluding steroid dienone is 1. The van der Waals surface area contributed by atoms with E-state index in [1.807, 2.05) is 6.07 Å².